The summed E-state index contributed by atoms with van der Waals surface area (Å²) < 4.78 is 25.7. The fourth-order valence-corrected chi connectivity index (χ4v) is 2.03. The number of nitrogens with zero attached hydrogens (tertiary/aromatic N) is 4. The number of rotatable bonds is 3. The molecule has 0 aliphatic heterocycles. The van der Waals surface area contributed by atoms with Crippen molar-refractivity contribution in [3.63, 3.8) is 0 Å². The smallest absolute Gasteiger partial charge is 0.257 e. The number of aryl methyl sites for hydroxylation is 2. The van der Waals surface area contributed by atoms with Crippen LogP contribution in [0.4, 0.5) is 0 Å². The van der Waals surface area contributed by atoms with E-state index in [0.717, 1.165) is 5.69 Å². The molecule has 0 aliphatic rings. The Labute approximate surface area is 98.9 Å². The predicted molar refractivity (Wildman–Crippen MR) is 60.6 cm³/mol. The average molecular weight is 255 g/mol. The molecule has 0 amide bonds. The van der Waals surface area contributed by atoms with Gasteiger partial charge < -0.3 is 4.57 Å². The maximum atomic E-state index is 11.1. The van der Waals surface area contributed by atoms with E-state index in [1.54, 1.807) is 16.2 Å². The van der Waals surface area contributed by atoms with Crippen LogP contribution < -0.4 is 5.14 Å². The standard InChI is InChI=1S/C9H13N5O2S/c1-7-11-9(17(10,15)16)6-14(7)5-8-3-4-13(2)12-8/h3-4,6H,5H2,1-2H3,(H2,10,15,16). The molecule has 8 heteroatoms. The van der Waals surface area contributed by atoms with E-state index >= 15 is 0 Å². The van der Waals surface area contributed by atoms with Crippen LogP contribution in [0.3, 0.4) is 0 Å². The van der Waals surface area contributed by atoms with E-state index in [4.69, 9.17) is 5.14 Å². The van der Waals surface area contributed by atoms with Gasteiger partial charge in [0.2, 0.25) is 0 Å². The second-order valence-corrected chi connectivity index (χ2v) is 5.29. The van der Waals surface area contributed by atoms with Crippen molar-refractivity contribution in [2.75, 3.05) is 0 Å². The lowest BCUT2D eigenvalue weighted by Gasteiger charge is -2.00. The number of hydrogen-bond acceptors (Lipinski definition) is 4. The van der Waals surface area contributed by atoms with E-state index in [2.05, 4.69) is 10.1 Å². The number of nitrogens with two attached hydrogens (primary N) is 1. The predicted octanol–water partition coefficient (Wildman–Crippen LogP) is -0.379. The highest BCUT2D eigenvalue weighted by Crippen LogP contribution is 2.09. The minimum absolute atomic E-state index is 0.120. The van der Waals surface area contributed by atoms with E-state index in [1.165, 1.54) is 6.20 Å². The molecule has 0 atom stereocenters. The molecule has 0 aromatic carbocycles. The zero-order chi connectivity index (χ0) is 12.6. The lowest BCUT2D eigenvalue weighted by molar-refractivity contribution is 0.594. The van der Waals surface area contributed by atoms with Gasteiger partial charge in [0, 0.05) is 19.4 Å². The molecule has 2 aromatic heterocycles. The van der Waals surface area contributed by atoms with Crippen molar-refractivity contribution in [1.82, 2.24) is 19.3 Å². The molecule has 7 nitrogen and oxygen atoms in total. The highest BCUT2D eigenvalue weighted by molar-refractivity contribution is 7.89. The van der Waals surface area contributed by atoms with Crippen LogP contribution in [0.25, 0.3) is 0 Å². The molecule has 0 saturated heterocycles. The molecule has 2 aromatic rings. The molecule has 2 heterocycles. The third-order valence-corrected chi connectivity index (χ3v) is 3.13. The van der Waals surface area contributed by atoms with Crippen LogP contribution in [-0.2, 0) is 23.6 Å². The maximum Gasteiger partial charge on any atom is 0.257 e. The molecular weight excluding hydrogens is 242 g/mol. The Morgan fingerprint density at radius 1 is 1.47 bits per heavy atom. The quantitative estimate of drug-likeness (QED) is 0.808. The summed E-state index contributed by atoms with van der Waals surface area (Å²) in [5.41, 5.74) is 0.828. The Balaban J connectivity index is 2.31. The largest absolute Gasteiger partial charge is 0.328 e. The van der Waals surface area contributed by atoms with Crippen molar-refractivity contribution in [3.05, 3.63) is 30.0 Å². The van der Waals surface area contributed by atoms with Gasteiger partial charge in [0.15, 0.2) is 5.03 Å². The van der Waals surface area contributed by atoms with Crippen LogP contribution >= 0.6 is 0 Å². The van der Waals surface area contributed by atoms with E-state index in [1.807, 2.05) is 19.3 Å². The summed E-state index contributed by atoms with van der Waals surface area (Å²) in [5, 5.41) is 9.10. The first-order valence-corrected chi connectivity index (χ1v) is 6.46. The zero-order valence-corrected chi connectivity index (χ0v) is 10.3. The minimum Gasteiger partial charge on any atom is -0.328 e. The van der Waals surface area contributed by atoms with Gasteiger partial charge in [-0.2, -0.15) is 5.10 Å². The van der Waals surface area contributed by atoms with E-state index in [9.17, 15) is 8.42 Å². The lowest BCUT2D eigenvalue weighted by Crippen LogP contribution is -2.12. The first kappa shape index (κ1) is 11.8. The molecular formula is C9H13N5O2S. The number of primary sulfonamides is 1. The fourth-order valence-electron chi connectivity index (χ4n) is 1.50. The van der Waals surface area contributed by atoms with E-state index in [0.29, 0.717) is 12.4 Å². The Morgan fingerprint density at radius 2 is 2.18 bits per heavy atom. The third kappa shape index (κ3) is 2.53. The molecule has 0 aliphatic carbocycles. The fraction of sp³-hybridized carbons (Fsp3) is 0.333. The summed E-state index contributed by atoms with van der Waals surface area (Å²) in [6.45, 7) is 2.19. The summed E-state index contributed by atoms with van der Waals surface area (Å²) in [6, 6.07) is 1.86. The molecule has 0 radical (unpaired) electrons. The van der Waals surface area contributed by atoms with Gasteiger partial charge in [-0.15, -0.1) is 0 Å². The molecule has 17 heavy (non-hydrogen) atoms. The molecule has 0 bridgehead atoms. The van der Waals surface area contributed by atoms with Crippen LogP contribution in [0.5, 0.6) is 0 Å². The minimum atomic E-state index is -3.75. The third-order valence-electron chi connectivity index (χ3n) is 2.35. The monoisotopic (exact) mass is 255 g/mol. The Hall–Kier alpha value is -1.67. The maximum absolute atomic E-state index is 11.1. The van der Waals surface area contributed by atoms with Crippen molar-refractivity contribution in [2.24, 2.45) is 12.2 Å². The lowest BCUT2D eigenvalue weighted by atomic mass is 10.4. The highest BCUT2D eigenvalue weighted by atomic mass is 32.2. The molecule has 0 fully saturated rings. The van der Waals surface area contributed by atoms with E-state index in [-0.39, 0.29) is 5.03 Å². The second kappa shape index (κ2) is 3.97. The summed E-state index contributed by atoms with van der Waals surface area (Å²) in [4.78, 5) is 3.90. The van der Waals surface area contributed by atoms with Crippen LogP contribution in [0.1, 0.15) is 11.5 Å². The van der Waals surface area contributed by atoms with Crippen LogP contribution in [0.2, 0.25) is 0 Å². The topological polar surface area (TPSA) is 95.8 Å². The molecule has 2 N–H and O–H groups in total. The van der Waals surface area contributed by atoms with Crippen LogP contribution in [0.15, 0.2) is 23.5 Å². The zero-order valence-electron chi connectivity index (χ0n) is 9.53. The molecule has 0 saturated carbocycles. The summed E-state index contributed by atoms with van der Waals surface area (Å²) in [6.07, 6.45) is 3.24. The Bertz CT molecular complexity index is 640. The molecule has 0 unspecified atom stereocenters. The normalized spacial score (nSPS) is 11.9. The number of hydrogen-bond donors (Lipinski definition) is 1. The van der Waals surface area contributed by atoms with Gasteiger partial charge in [0.1, 0.15) is 5.82 Å². The molecule has 92 valence electrons. The van der Waals surface area contributed by atoms with E-state index < -0.39 is 10.0 Å². The van der Waals surface area contributed by atoms with Gasteiger partial charge in [-0.05, 0) is 13.0 Å². The van der Waals surface area contributed by atoms with Crippen LogP contribution in [-0.4, -0.2) is 27.7 Å². The molecule has 2 rings (SSSR count). The van der Waals surface area contributed by atoms with Gasteiger partial charge in [0.05, 0.1) is 12.2 Å². The average Bonchev–Trinajstić information content (AvgIpc) is 2.74. The molecule has 0 spiro atoms. The van der Waals surface area contributed by atoms with Crippen molar-refractivity contribution in [1.29, 1.82) is 0 Å². The van der Waals surface area contributed by atoms with Crippen molar-refractivity contribution >= 4 is 10.0 Å². The highest BCUT2D eigenvalue weighted by Gasteiger charge is 2.14. The first-order valence-electron chi connectivity index (χ1n) is 4.91. The van der Waals surface area contributed by atoms with Crippen LogP contribution in [0, 0.1) is 6.92 Å². The second-order valence-electron chi connectivity index (χ2n) is 3.78. The number of aromatic nitrogens is 4. The van der Waals surface area contributed by atoms with Crippen molar-refractivity contribution in [3.8, 4) is 0 Å². The van der Waals surface area contributed by atoms with Gasteiger partial charge in [-0.1, -0.05) is 0 Å². The van der Waals surface area contributed by atoms with Crippen molar-refractivity contribution in [2.45, 2.75) is 18.5 Å². The first-order chi connectivity index (χ1) is 7.86. The summed E-state index contributed by atoms with van der Waals surface area (Å²) in [5.74, 6) is 0.583. The van der Waals surface area contributed by atoms with Gasteiger partial charge in [-0.25, -0.2) is 18.5 Å². The number of sulfonamides is 1. The number of imidazole rings is 1. The van der Waals surface area contributed by atoms with Gasteiger partial charge in [-0.3, -0.25) is 4.68 Å². The SMILES string of the molecule is Cc1nc(S(N)(=O)=O)cn1Cc1ccn(C)n1. The van der Waals surface area contributed by atoms with Crippen molar-refractivity contribution < 1.29 is 8.42 Å². The summed E-state index contributed by atoms with van der Waals surface area (Å²) in [7, 11) is -1.93. The summed E-state index contributed by atoms with van der Waals surface area (Å²) >= 11 is 0. The van der Waals surface area contributed by atoms with Gasteiger partial charge in [0.25, 0.3) is 10.0 Å². The Kier molecular flexibility index (Phi) is 2.76. The van der Waals surface area contributed by atoms with Gasteiger partial charge >= 0.3 is 0 Å². The Morgan fingerprint density at radius 3 is 2.65 bits per heavy atom.